The molecule has 0 spiro atoms. The fourth-order valence-electron chi connectivity index (χ4n) is 0. The van der Waals surface area contributed by atoms with E-state index in [1.54, 1.807) is 4.90 Å². The van der Waals surface area contributed by atoms with Gasteiger partial charge in [-0.15, -0.1) is 12.6 Å². The molecule has 7 heavy (non-hydrogen) atoms. The summed E-state index contributed by atoms with van der Waals surface area (Å²) in [5.74, 6) is 0. The molecule has 0 aromatic heterocycles. The summed E-state index contributed by atoms with van der Waals surface area (Å²) in [7, 11) is 3.71. The monoisotopic (exact) mass is 144 g/mol. The van der Waals surface area contributed by atoms with E-state index < -0.39 is 0 Å². The molecule has 0 rings (SSSR count). The van der Waals surface area contributed by atoms with Crippen molar-refractivity contribution in [1.82, 2.24) is 4.90 Å². The number of hydrogen-bond acceptors (Lipinski definition) is 1. The average molecular weight is 144 g/mol. The number of thiocarbonyl (C=S) groups is 1. The van der Waals surface area contributed by atoms with E-state index in [0.29, 0.717) is 4.32 Å². The standard InChI is InChI=1S/C3H7NS2.Na/c1-4(2)3(5)6;/h1-2H3,(H,5,6);. The van der Waals surface area contributed by atoms with Gasteiger partial charge >= 0.3 is 0 Å². The van der Waals surface area contributed by atoms with Gasteiger partial charge in [0.1, 0.15) is 4.32 Å². The predicted octanol–water partition coefficient (Wildman–Crippen LogP) is 0.382. The van der Waals surface area contributed by atoms with Crippen LogP contribution >= 0.6 is 24.8 Å². The van der Waals surface area contributed by atoms with Crippen LogP contribution in [0.25, 0.3) is 0 Å². The molecular formula is C3H7NNaS2. The molecule has 37 valence electrons. The molecule has 1 radical (unpaired) electrons. The smallest absolute Gasteiger partial charge is 0.132 e. The van der Waals surface area contributed by atoms with Crippen molar-refractivity contribution in [3.05, 3.63) is 0 Å². The first-order valence-corrected chi connectivity index (χ1v) is 2.40. The minimum atomic E-state index is 0. The quantitative estimate of drug-likeness (QED) is 0.297. The van der Waals surface area contributed by atoms with Crippen molar-refractivity contribution in [3.8, 4) is 0 Å². The zero-order valence-corrected chi connectivity index (χ0v) is 8.51. The van der Waals surface area contributed by atoms with Gasteiger partial charge in [-0.05, 0) is 0 Å². The van der Waals surface area contributed by atoms with E-state index in [4.69, 9.17) is 0 Å². The molecule has 0 fully saturated rings. The van der Waals surface area contributed by atoms with Crippen molar-refractivity contribution in [2.24, 2.45) is 0 Å². The van der Waals surface area contributed by atoms with Crippen LogP contribution in [-0.2, 0) is 0 Å². The summed E-state index contributed by atoms with van der Waals surface area (Å²) in [4.78, 5) is 1.76. The maximum Gasteiger partial charge on any atom is 0.132 e. The van der Waals surface area contributed by atoms with E-state index in [1.807, 2.05) is 14.1 Å². The van der Waals surface area contributed by atoms with Crippen LogP contribution in [0.5, 0.6) is 0 Å². The van der Waals surface area contributed by atoms with Crippen LogP contribution in [0.3, 0.4) is 0 Å². The van der Waals surface area contributed by atoms with Crippen LogP contribution in [0, 0.1) is 0 Å². The van der Waals surface area contributed by atoms with Crippen molar-refractivity contribution >= 4 is 58.7 Å². The second-order valence-electron chi connectivity index (χ2n) is 1.18. The Bertz CT molecular complexity index is 64.0. The average Bonchev–Trinajstić information content (AvgIpc) is 1.36. The maximum absolute atomic E-state index is 4.61. The van der Waals surface area contributed by atoms with Crippen LogP contribution in [0.4, 0.5) is 0 Å². The summed E-state index contributed by atoms with van der Waals surface area (Å²) in [6.45, 7) is 0. The third-order valence-corrected chi connectivity index (χ3v) is 1.15. The Kier molecular flexibility index (Phi) is 8.52. The second kappa shape index (κ2) is 5.38. The van der Waals surface area contributed by atoms with E-state index >= 15 is 0 Å². The molecule has 1 nitrogen and oxygen atoms in total. The summed E-state index contributed by atoms with van der Waals surface area (Å²) in [6.07, 6.45) is 0. The molecule has 0 aromatic carbocycles. The van der Waals surface area contributed by atoms with Gasteiger partial charge in [-0.3, -0.25) is 0 Å². The van der Waals surface area contributed by atoms with E-state index in [9.17, 15) is 0 Å². The van der Waals surface area contributed by atoms with E-state index in [2.05, 4.69) is 24.8 Å². The molecular weight excluding hydrogens is 137 g/mol. The molecule has 4 heteroatoms. The van der Waals surface area contributed by atoms with Gasteiger partial charge in [0.25, 0.3) is 0 Å². The Hall–Kier alpha value is 1.24. The maximum atomic E-state index is 4.61. The number of thiol groups is 1. The molecule has 0 bridgehead atoms. The van der Waals surface area contributed by atoms with Crippen LogP contribution in [-0.4, -0.2) is 52.9 Å². The van der Waals surface area contributed by atoms with Gasteiger partial charge in [0.05, 0.1) is 0 Å². The van der Waals surface area contributed by atoms with Crippen LogP contribution < -0.4 is 0 Å². The molecule has 0 aliphatic carbocycles. The second-order valence-corrected chi connectivity index (χ2v) is 2.29. The van der Waals surface area contributed by atoms with E-state index in [0.717, 1.165) is 0 Å². The summed E-state index contributed by atoms with van der Waals surface area (Å²) in [5.41, 5.74) is 0. The summed E-state index contributed by atoms with van der Waals surface area (Å²) < 4.78 is 0.620. The van der Waals surface area contributed by atoms with Crippen molar-refractivity contribution in [1.29, 1.82) is 0 Å². The minimum Gasteiger partial charge on any atom is -0.364 e. The molecule has 0 aliphatic heterocycles. The number of nitrogens with zero attached hydrogens (tertiary/aromatic N) is 1. The molecule has 0 aromatic rings. The first kappa shape index (κ1) is 11.1. The summed E-state index contributed by atoms with van der Waals surface area (Å²) >= 11 is 8.46. The minimum absolute atomic E-state index is 0. The van der Waals surface area contributed by atoms with Crippen LogP contribution in [0.2, 0.25) is 0 Å². The molecule has 0 saturated carbocycles. The largest absolute Gasteiger partial charge is 0.364 e. The first-order chi connectivity index (χ1) is 2.64. The number of rotatable bonds is 0. The van der Waals surface area contributed by atoms with Crippen molar-refractivity contribution < 1.29 is 0 Å². The zero-order valence-electron chi connectivity index (χ0n) is 4.80. The molecule has 0 saturated heterocycles. The van der Waals surface area contributed by atoms with Crippen molar-refractivity contribution in [2.45, 2.75) is 0 Å². The first-order valence-electron chi connectivity index (χ1n) is 1.55. The van der Waals surface area contributed by atoms with Gasteiger partial charge in [0.2, 0.25) is 0 Å². The Morgan fingerprint density at radius 2 is 1.71 bits per heavy atom. The van der Waals surface area contributed by atoms with Gasteiger partial charge in [0, 0.05) is 43.7 Å². The molecule has 0 amide bonds. The molecule has 0 N–H and O–H groups in total. The van der Waals surface area contributed by atoms with Crippen LogP contribution in [0.15, 0.2) is 0 Å². The Morgan fingerprint density at radius 3 is 1.71 bits per heavy atom. The van der Waals surface area contributed by atoms with Crippen LogP contribution in [0.1, 0.15) is 0 Å². The van der Waals surface area contributed by atoms with Gasteiger partial charge in [0.15, 0.2) is 0 Å². The summed E-state index contributed by atoms with van der Waals surface area (Å²) in [6, 6.07) is 0. The van der Waals surface area contributed by atoms with E-state index in [-0.39, 0.29) is 29.6 Å². The normalized spacial score (nSPS) is 6.71. The van der Waals surface area contributed by atoms with Gasteiger partial charge in [-0.25, -0.2) is 0 Å². The van der Waals surface area contributed by atoms with Crippen molar-refractivity contribution in [3.63, 3.8) is 0 Å². The Balaban J connectivity index is 0. The van der Waals surface area contributed by atoms with Gasteiger partial charge < -0.3 is 4.90 Å². The topological polar surface area (TPSA) is 3.24 Å². The molecule has 0 aliphatic rings. The van der Waals surface area contributed by atoms with Crippen molar-refractivity contribution in [2.75, 3.05) is 14.1 Å². The molecule has 0 heterocycles. The SMILES string of the molecule is CN(C)C(=S)S.[Na]. The Labute approximate surface area is 77.2 Å². The molecule has 0 atom stereocenters. The van der Waals surface area contributed by atoms with Gasteiger partial charge in [-0.1, -0.05) is 12.2 Å². The fourth-order valence-corrected chi connectivity index (χ4v) is 0. The third kappa shape index (κ3) is 7.24. The summed E-state index contributed by atoms with van der Waals surface area (Å²) in [5, 5.41) is 0. The third-order valence-electron chi connectivity index (χ3n) is 0.383. The molecule has 0 unspecified atom stereocenters. The van der Waals surface area contributed by atoms with E-state index in [1.165, 1.54) is 0 Å². The van der Waals surface area contributed by atoms with Gasteiger partial charge in [-0.2, -0.15) is 0 Å². The Morgan fingerprint density at radius 1 is 1.57 bits per heavy atom. The number of hydrogen-bond donors (Lipinski definition) is 1. The predicted molar refractivity (Wildman–Crippen MR) is 41.0 cm³/mol. The fraction of sp³-hybridized carbons (Fsp3) is 0.667. The zero-order chi connectivity index (χ0) is 5.15.